The van der Waals surface area contributed by atoms with Gasteiger partial charge in [-0.05, 0) is 47.0 Å². The van der Waals surface area contributed by atoms with E-state index in [-0.39, 0.29) is 35.7 Å². The molecule has 1 heterocycles. The number of hydrogen-bond donors (Lipinski definition) is 4. The van der Waals surface area contributed by atoms with Crippen LogP contribution in [0.4, 0.5) is 21.7 Å². The van der Waals surface area contributed by atoms with Crippen LogP contribution < -0.4 is 25.6 Å². The lowest BCUT2D eigenvalue weighted by Gasteiger charge is -2.23. The summed E-state index contributed by atoms with van der Waals surface area (Å²) in [4.78, 5) is 39.1. The second-order valence-electron chi connectivity index (χ2n) is 10.3. The Balaban J connectivity index is 1.99. The lowest BCUT2D eigenvalue weighted by atomic mass is 10.2. The zero-order valence-electron chi connectivity index (χ0n) is 25.9. The fourth-order valence-electron chi connectivity index (χ4n) is 3.82. The molecule has 232 valence electrons. The van der Waals surface area contributed by atoms with Crippen LogP contribution in [-0.2, 0) is 16.0 Å². The fraction of sp³-hybridized carbons (Fsp3) is 0.517. The van der Waals surface area contributed by atoms with E-state index in [0.29, 0.717) is 37.4 Å². The Morgan fingerprint density at radius 3 is 2.48 bits per heavy atom. The van der Waals surface area contributed by atoms with Crippen molar-refractivity contribution in [2.75, 3.05) is 72.2 Å². The predicted octanol–water partition coefficient (Wildman–Crippen LogP) is 2.05. The number of likely N-dealkylation sites (N-methyl/N-ethyl adjacent to an activating group) is 2. The van der Waals surface area contributed by atoms with Gasteiger partial charge in [-0.1, -0.05) is 13.0 Å². The molecule has 2 atom stereocenters. The van der Waals surface area contributed by atoms with Crippen LogP contribution in [0, 0.1) is 5.82 Å². The number of rotatable bonds is 16. The smallest absolute Gasteiger partial charge is 0.246 e. The van der Waals surface area contributed by atoms with E-state index in [2.05, 4.69) is 25.9 Å². The van der Waals surface area contributed by atoms with Gasteiger partial charge in [0.1, 0.15) is 23.3 Å². The molecular formula is C29H45FN8O4. The largest absolute Gasteiger partial charge is 0.493 e. The van der Waals surface area contributed by atoms with Crippen LogP contribution in [0.3, 0.4) is 0 Å². The molecule has 0 saturated heterocycles. The quantitative estimate of drug-likeness (QED) is 0.131. The number of aliphatic hydroxyl groups is 1. The van der Waals surface area contributed by atoms with E-state index in [1.807, 2.05) is 44.9 Å². The molecule has 2 unspecified atom stereocenters. The summed E-state index contributed by atoms with van der Waals surface area (Å²) in [7, 11) is 10.7. The lowest BCUT2D eigenvalue weighted by molar-refractivity contribution is -0.135. The first-order valence-corrected chi connectivity index (χ1v) is 13.9. The molecule has 12 nitrogen and oxygen atoms in total. The number of halogens is 1. The van der Waals surface area contributed by atoms with Crippen LogP contribution in [0.5, 0.6) is 5.75 Å². The highest BCUT2D eigenvalue weighted by molar-refractivity contribution is 5.92. The van der Waals surface area contributed by atoms with Gasteiger partial charge in [-0.15, -0.1) is 0 Å². The number of ether oxygens (including phenoxy) is 1. The molecule has 0 saturated carbocycles. The van der Waals surface area contributed by atoms with E-state index < -0.39 is 18.1 Å². The van der Waals surface area contributed by atoms with Crippen molar-refractivity contribution < 1.29 is 23.8 Å². The van der Waals surface area contributed by atoms with Crippen molar-refractivity contribution in [3.8, 4) is 5.75 Å². The number of anilines is 3. The number of benzene rings is 1. The van der Waals surface area contributed by atoms with Gasteiger partial charge in [0.2, 0.25) is 11.8 Å². The zero-order chi connectivity index (χ0) is 31.4. The number of aryl methyl sites for hydroxylation is 1. The van der Waals surface area contributed by atoms with Crippen LogP contribution in [-0.4, -0.2) is 105 Å². The maximum atomic E-state index is 14.5. The molecule has 0 aliphatic heterocycles. The number of aliphatic hydroxyl groups excluding tert-OH is 1. The molecule has 13 heteroatoms. The molecule has 0 fully saturated rings. The molecule has 2 amide bonds. The van der Waals surface area contributed by atoms with Crippen LogP contribution in [0.15, 0.2) is 30.4 Å². The maximum Gasteiger partial charge on any atom is 0.246 e. The summed E-state index contributed by atoms with van der Waals surface area (Å²) in [5, 5.41) is 19.1. The molecule has 2 aromatic rings. The number of aromatic nitrogens is 2. The molecule has 0 aliphatic carbocycles. The molecule has 0 bridgehead atoms. The first-order valence-electron chi connectivity index (χ1n) is 13.9. The summed E-state index contributed by atoms with van der Waals surface area (Å²) in [6.07, 6.45) is 3.20. The average Bonchev–Trinajstić information content (AvgIpc) is 2.94. The summed E-state index contributed by atoms with van der Waals surface area (Å²) in [6, 6.07) is 3.53. The highest BCUT2D eigenvalue weighted by Crippen LogP contribution is 2.29. The number of nitrogens with one attached hydrogen (secondary N) is 3. The second-order valence-corrected chi connectivity index (χ2v) is 10.3. The van der Waals surface area contributed by atoms with Gasteiger partial charge in [0.25, 0.3) is 0 Å². The van der Waals surface area contributed by atoms with E-state index in [0.717, 1.165) is 5.69 Å². The highest BCUT2D eigenvalue weighted by Gasteiger charge is 2.21. The van der Waals surface area contributed by atoms with Gasteiger partial charge >= 0.3 is 0 Å². The third-order valence-corrected chi connectivity index (χ3v) is 6.33. The minimum atomic E-state index is -1.08. The van der Waals surface area contributed by atoms with E-state index in [1.54, 1.807) is 33.2 Å². The van der Waals surface area contributed by atoms with Gasteiger partial charge in [-0.25, -0.2) is 14.4 Å². The molecule has 1 aromatic carbocycles. The van der Waals surface area contributed by atoms with Gasteiger partial charge in [0.05, 0.1) is 12.3 Å². The van der Waals surface area contributed by atoms with E-state index >= 15 is 0 Å². The van der Waals surface area contributed by atoms with Crippen molar-refractivity contribution in [2.45, 2.75) is 39.0 Å². The zero-order valence-corrected chi connectivity index (χ0v) is 25.9. The van der Waals surface area contributed by atoms with Crippen molar-refractivity contribution in [3.05, 3.63) is 47.6 Å². The first kappa shape index (κ1) is 34.4. The number of amides is 2. The average molecular weight is 589 g/mol. The Bertz CT molecular complexity index is 1220. The molecule has 0 aliphatic rings. The number of nitrogens with zero attached hydrogens (tertiary/aromatic N) is 5. The molecule has 1 aromatic heterocycles. The van der Waals surface area contributed by atoms with Crippen LogP contribution in [0.1, 0.15) is 37.9 Å². The third kappa shape index (κ3) is 10.2. The van der Waals surface area contributed by atoms with Gasteiger partial charge in [-0.3, -0.25) is 14.9 Å². The first-order chi connectivity index (χ1) is 19.9. The Hall–Kier alpha value is -3.81. The summed E-state index contributed by atoms with van der Waals surface area (Å²) < 4.78 is 20.2. The molecule has 0 spiro atoms. The van der Waals surface area contributed by atoms with Crippen molar-refractivity contribution in [2.24, 2.45) is 0 Å². The second kappa shape index (κ2) is 16.6. The van der Waals surface area contributed by atoms with Crippen LogP contribution in [0.2, 0.25) is 0 Å². The van der Waals surface area contributed by atoms with Crippen molar-refractivity contribution >= 4 is 29.1 Å². The maximum absolute atomic E-state index is 14.5. The van der Waals surface area contributed by atoms with E-state index in [4.69, 9.17) is 4.74 Å². The Morgan fingerprint density at radius 1 is 1.14 bits per heavy atom. The number of carbonyl (C=O) groups is 2. The SMILES string of the molecule is CCc1nc(C(O)NC)c(Nc2cc(F)cc(OCCCNC(=O)C(C)N(C)C(=O)/C=C/CN(C)C)c2)nc1N(C)C. The molecule has 4 N–H and O–H groups in total. The number of carbonyl (C=O) groups excluding carboxylic acids is 2. The van der Waals surface area contributed by atoms with Gasteiger partial charge in [0.15, 0.2) is 17.9 Å². The van der Waals surface area contributed by atoms with Gasteiger partial charge in [0, 0.05) is 58.1 Å². The minimum absolute atomic E-state index is 0.221. The minimum Gasteiger partial charge on any atom is -0.493 e. The normalized spacial score (nSPS) is 12.7. The van der Waals surface area contributed by atoms with Gasteiger partial charge < -0.3 is 35.2 Å². The standard InChI is InChI=1S/C29H45FN8O4/c1-9-23-27(37(6)7)35-26(25(34-23)29(41)31-3)33-21-16-20(30)17-22(18-21)42-15-11-13-32-28(40)19(2)38(8)24(39)12-10-14-36(4)5/h10,12,16-19,29,31,41H,9,11,13-15H2,1-8H3,(H,32,40)(H,33,35)/b12-10+. The predicted molar refractivity (Wildman–Crippen MR) is 162 cm³/mol. The van der Waals surface area contributed by atoms with Crippen molar-refractivity contribution in [1.82, 2.24) is 30.4 Å². The Labute approximate surface area is 247 Å². The number of hydrogen-bond acceptors (Lipinski definition) is 10. The monoisotopic (exact) mass is 588 g/mol. The summed E-state index contributed by atoms with van der Waals surface area (Å²) in [5.74, 6) is 0.141. The van der Waals surface area contributed by atoms with Crippen LogP contribution >= 0.6 is 0 Å². The van der Waals surface area contributed by atoms with E-state index in [1.165, 1.54) is 23.1 Å². The highest BCUT2D eigenvalue weighted by atomic mass is 19.1. The van der Waals surface area contributed by atoms with Crippen molar-refractivity contribution in [1.29, 1.82) is 0 Å². The summed E-state index contributed by atoms with van der Waals surface area (Å²) in [6.45, 7) is 4.78. The van der Waals surface area contributed by atoms with Crippen molar-refractivity contribution in [3.63, 3.8) is 0 Å². The fourth-order valence-corrected chi connectivity index (χ4v) is 3.82. The molecule has 42 heavy (non-hydrogen) atoms. The Morgan fingerprint density at radius 2 is 1.86 bits per heavy atom. The Kier molecular flexibility index (Phi) is 13.6. The molecule has 2 rings (SSSR count). The topological polar surface area (TPSA) is 135 Å². The molecular weight excluding hydrogens is 543 g/mol. The van der Waals surface area contributed by atoms with E-state index in [9.17, 15) is 19.1 Å². The third-order valence-electron chi connectivity index (χ3n) is 6.33. The molecule has 0 radical (unpaired) electrons. The summed E-state index contributed by atoms with van der Waals surface area (Å²) >= 11 is 0. The van der Waals surface area contributed by atoms with Gasteiger partial charge in [-0.2, -0.15) is 0 Å². The summed E-state index contributed by atoms with van der Waals surface area (Å²) in [5.41, 5.74) is 1.37. The lowest BCUT2D eigenvalue weighted by Crippen LogP contribution is -2.45. The van der Waals surface area contributed by atoms with Crippen LogP contribution in [0.25, 0.3) is 0 Å².